The van der Waals surface area contributed by atoms with Gasteiger partial charge >= 0.3 is 0 Å². The fourth-order valence-electron chi connectivity index (χ4n) is 1.80. The maximum atomic E-state index is 6.32. The van der Waals surface area contributed by atoms with Gasteiger partial charge in [-0.2, -0.15) is 0 Å². The molecule has 2 aliphatic heterocycles. The molecular weight excluding hydrogens is 298 g/mol. The minimum Gasteiger partial charge on any atom is -0.260 e. The molecule has 2 fully saturated rings. The normalized spacial score (nSPS) is 27.9. The van der Waals surface area contributed by atoms with Crippen LogP contribution in [0.5, 0.6) is 0 Å². The van der Waals surface area contributed by atoms with Crippen LogP contribution in [0.15, 0.2) is 0 Å². The number of nitrogens with zero attached hydrogens (tertiary/aromatic N) is 2. The molecule has 2 rings (SSSR count). The largest absolute Gasteiger partial charge is 0.260 e. The predicted molar refractivity (Wildman–Crippen MR) is 66.5 cm³/mol. The summed E-state index contributed by atoms with van der Waals surface area (Å²) in [5.41, 5.74) is 0. The van der Waals surface area contributed by atoms with Gasteiger partial charge in [0.15, 0.2) is 0 Å². The van der Waals surface area contributed by atoms with Gasteiger partial charge in [-0.3, -0.25) is 8.01 Å². The summed E-state index contributed by atoms with van der Waals surface area (Å²) >= 11 is 6.30. The standard InChI is InChI=1S/C9H16ClIN2/c10-9(12-5-1-2-6-12)11-13-7-3-4-8-13/h1-8H2. The number of halogens is 2. The molecular formula is C9H16ClIN2. The van der Waals surface area contributed by atoms with Gasteiger partial charge in [-0.05, 0) is 25.7 Å². The lowest BCUT2D eigenvalue weighted by Gasteiger charge is -2.15. The van der Waals surface area contributed by atoms with Crippen LogP contribution in [-0.4, -0.2) is 37.3 Å². The maximum absolute atomic E-state index is 6.32. The van der Waals surface area contributed by atoms with Crippen molar-refractivity contribution in [2.24, 2.45) is 0 Å². The van der Waals surface area contributed by atoms with Crippen LogP contribution < -0.4 is 0 Å². The van der Waals surface area contributed by atoms with Crippen molar-refractivity contribution in [1.82, 2.24) is 8.01 Å². The second kappa shape index (κ2) is 5.05. The number of rotatable bonds is 2. The third-order valence-corrected chi connectivity index (χ3v) is 5.98. The van der Waals surface area contributed by atoms with Crippen molar-refractivity contribution >= 4 is 35.7 Å². The Morgan fingerprint density at radius 2 is 1.46 bits per heavy atom. The number of hydrogen-bond donors (Lipinski definition) is 0. The second-order valence-corrected chi connectivity index (χ2v) is 7.50. The zero-order chi connectivity index (χ0) is 9.10. The summed E-state index contributed by atoms with van der Waals surface area (Å²) < 4.78 is 3.75. The fourth-order valence-corrected chi connectivity index (χ4v) is 5.09. The fraction of sp³-hybridized carbons (Fsp3) is 0.889. The smallest absolute Gasteiger partial charge is 0.129 e. The molecule has 0 aromatic rings. The molecule has 0 aliphatic carbocycles. The van der Waals surface area contributed by atoms with Gasteiger partial charge in [-0.25, -0.2) is 0 Å². The Labute approximate surface area is 95.3 Å². The first-order chi connectivity index (χ1) is 6.36. The summed E-state index contributed by atoms with van der Waals surface area (Å²) in [6.45, 7) is 4.98. The number of hydrogen-bond acceptors (Lipinski definition) is 2. The Bertz CT molecular complexity index is 196. The quantitative estimate of drug-likeness (QED) is 0.439. The Balaban J connectivity index is 1.89. The summed E-state index contributed by atoms with van der Waals surface area (Å²) in [6, 6.07) is 0. The topological polar surface area (TPSA) is 6.48 Å². The van der Waals surface area contributed by atoms with E-state index in [1.165, 1.54) is 55.0 Å². The first kappa shape index (κ1) is 10.3. The van der Waals surface area contributed by atoms with Gasteiger partial charge in [0.1, 0.15) is 3.09 Å². The molecule has 0 unspecified atom stereocenters. The molecule has 2 heterocycles. The molecule has 0 N–H and O–H groups in total. The third-order valence-electron chi connectivity index (χ3n) is 2.59. The lowest BCUT2D eigenvalue weighted by atomic mass is 10.4. The molecule has 0 amide bonds. The molecule has 0 saturated carbocycles. The van der Waals surface area contributed by atoms with Gasteiger partial charge in [0.2, 0.25) is 0 Å². The highest BCUT2D eigenvalue weighted by molar-refractivity contribution is 14.2. The van der Waals surface area contributed by atoms with Crippen LogP contribution in [0.4, 0.5) is 0 Å². The lowest BCUT2D eigenvalue weighted by Crippen LogP contribution is -2.23. The van der Waals surface area contributed by atoms with Crippen molar-refractivity contribution in [2.45, 2.75) is 25.7 Å². The Hall–Kier alpha value is 0.810. The lowest BCUT2D eigenvalue weighted by molar-refractivity contribution is 0.538. The zero-order valence-electron chi connectivity index (χ0n) is 7.81. The van der Waals surface area contributed by atoms with Crippen molar-refractivity contribution in [3.63, 3.8) is 0 Å². The molecule has 0 aromatic carbocycles. The van der Waals surface area contributed by atoms with Crippen LogP contribution in [0, 0.1) is 0 Å². The van der Waals surface area contributed by atoms with Crippen LogP contribution >= 0.6 is 32.6 Å². The van der Waals surface area contributed by atoms with E-state index in [1.54, 1.807) is 0 Å². The highest BCUT2D eigenvalue weighted by atomic mass is 127. The van der Waals surface area contributed by atoms with E-state index in [0.717, 1.165) is 0 Å². The van der Waals surface area contributed by atoms with Crippen molar-refractivity contribution in [2.75, 3.05) is 26.2 Å². The van der Waals surface area contributed by atoms with Crippen molar-refractivity contribution in [1.29, 1.82) is 0 Å². The van der Waals surface area contributed by atoms with E-state index in [9.17, 15) is 0 Å². The van der Waals surface area contributed by atoms with E-state index in [2.05, 4.69) is 8.01 Å². The van der Waals surface area contributed by atoms with Crippen molar-refractivity contribution < 1.29 is 0 Å². The monoisotopic (exact) mass is 314 g/mol. The van der Waals surface area contributed by atoms with E-state index in [-0.39, 0.29) is 21.0 Å². The Morgan fingerprint density at radius 1 is 0.923 bits per heavy atom. The predicted octanol–water partition coefficient (Wildman–Crippen LogP) is 2.39. The Kier molecular flexibility index (Phi) is 4.01. The highest BCUT2D eigenvalue weighted by Gasteiger charge is 2.17. The molecule has 2 saturated heterocycles. The minimum atomic E-state index is -0.0131. The summed E-state index contributed by atoms with van der Waals surface area (Å²) in [4.78, 5) is 2.38. The molecule has 2 aliphatic rings. The third kappa shape index (κ3) is 2.88. The maximum Gasteiger partial charge on any atom is 0.129 e. The van der Waals surface area contributed by atoms with Gasteiger partial charge in [0.05, 0.1) is 0 Å². The van der Waals surface area contributed by atoms with Crippen molar-refractivity contribution in [3.8, 4) is 0 Å². The molecule has 13 heavy (non-hydrogen) atoms. The average molecular weight is 315 g/mol. The average Bonchev–Trinajstić information content (AvgIpc) is 2.74. The van der Waals surface area contributed by atoms with Crippen LogP contribution in [0.3, 0.4) is 0 Å². The molecule has 76 valence electrons. The molecule has 0 atom stereocenters. The zero-order valence-corrected chi connectivity index (χ0v) is 10.7. The van der Waals surface area contributed by atoms with Crippen LogP contribution in [0.1, 0.15) is 25.7 Å². The molecule has 0 spiro atoms. The van der Waals surface area contributed by atoms with E-state index >= 15 is 0 Å². The molecule has 0 aromatic heterocycles. The summed E-state index contributed by atoms with van der Waals surface area (Å²) in [7, 11) is 0. The molecule has 4 heteroatoms. The van der Waals surface area contributed by atoms with Crippen LogP contribution in [0.2, 0.25) is 0 Å². The van der Waals surface area contributed by atoms with Gasteiger partial charge < -0.3 is 0 Å². The molecule has 0 bridgehead atoms. The van der Waals surface area contributed by atoms with Gasteiger partial charge in [0, 0.05) is 47.2 Å². The summed E-state index contributed by atoms with van der Waals surface area (Å²) in [5.74, 6) is 0. The Morgan fingerprint density at radius 3 is 2.08 bits per heavy atom. The highest BCUT2D eigenvalue weighted by Crippen LogP contribution is 2.23. The molecule has 0 radical (unpaired) electrons. The first-order valence-corrected chi connectivity index (χ1v) is 7.46. The SMILES string of the molecule is ClC(=IN1CCCC1)N1CCCC1. The van der Waals surface area contributed by atoms with Crippen molar-refractivity contribution in [3.05, 3.63) is 0 Å². The summed E-state index contributed by atoms with van der Waals surface area (Å²) in [5, 5.41) is 0. The van der Waals surface area contributed by atoms with Gasteiger partial charge in [-0.15, -0.1) is 0 Å². The van der Waals surface area contributed by atoms with Gasteiger partial charge in [-0.1, -0.05) is 11.6 Å². The van der Waals surface area contributed by atoms with E-state index < -0.39 is 0 Å². The number of likely N-dealkylation sites (tertiary alicyclic amines) is 1. The van der Waals surface area contributed by atoms with Crippen LogP contribution in [-0.2, 0) is 0 Å². The molecule has 2 nitrogen and oxygen atoms in total. The van der Waals surface area contributed by atoms with Gasteiger partial charge in [0.25, 0.3) is 0 Å². The van der Waals surface area contributed by atoms with E-state index in [0.29, 0.717) is 0 Å². The summed E-state index contributed by atoms with van der Waals surface area (Å²) in [6.07, 6.45) is 5.42. The second-order valence-electron chi connectivity index (χ2n) is 3.64. The minimum absolute atomic E-state index is 0.0131. The first-order valence-electron chi connectivity index (χ1n) is 5.04. The van der Waals surface area contributed by atoms with E-state index in [1.807, 2.05) is 0 Å². The van der Waals surface area contributed by atoms with E-state index in [4.69, 9.17) is 11.6 Å². The van der Waals surface area contributed by atoms with Crippen LogP contribution in [0.25, 0.3) is 0 Å².